The zero-order chi connectivity index (χ0) is 21.8. The molecule has 9 heteroatoms. The quantitative estimate of drug-likeness (QED) is 0.530. The largest absolute Gasteiger partial charge is 0.493 e. The number of ether oxygens (including phenoxy) is 2. The van der Waals surface area contributed by atoms with Crippen LogP contribution in [-0.2, 0) is 10.3 Å². The van der Waals surface area contributed by atoms with Crippen molar-refractivity contribution in [2.24, 2.45) is 5.73 Å². The van der Waals surface area contributed by atoms with Gasteiger partial charge in [-0.3, -0.25) is 9.68 Å². The van der Waals surface area contributed by atoms with Gasteiger partial charge in [0, 0.05) is 11.3 Å². The molecule has 2 aromatic rings. The van der Waals surface area contributed by atoms with E-state index in [0.29, 0.717) is 22.7 Å². The molecule has 0 atom stereocenters. The minimum absolute atomic E-state index is 0.134. The summed E-state index contributed by atoms with van der Waals surface area (Å²) in [5, 5.41) is 2.92. The number of hydrogen-bond donors (Lipinski definition) is 2. The number of hydrogen-bond acceptors (Lipinski definition) is 6. The lowest BCUT2D eigenvalue weighted by Gasteiger charge is -2.22. The molecule has 0 unspecified atom stereocenters. The van der Waals surface area contributed by atoms with Gasteiger partial charge in [-0.1, -0.05) is 32.4 Å². The minimum Gasteiger partial charge on any atom is -0.493 e. The van der Waals surface area contributed by atoms with Gasteiger partial charge in [0.15, 0.2) is 17.2 Å². The number of amides is 2. The molecule has 0 spiro atoms. The summed E-state index contributed by atoms with van der Waals surface area (Å²) in [6, 6.07) is 8.02. The van der Waals surface area contributed by atoms with E-state index in [9.17, 15) is 9.59 Å². The maximum absolute atomic E-state index is 12.8. The van der Waals surface area contributed by atoms with Gasteiger partial charge in [-0.25, -0.2) is 9.68 Å². The molecule has 29 heavy (non-hydrogen) atoms. The number of nitrogens with two attached hydrogens (primary N) is 1. The van der Waals surface area contributed by atoms with E-state index in [0.717, 1.165) is 0 Å². The Morgan fingerprint density at radius 3 is 2.24 bits per heavy atom. The van der Waals surface area contributed by atoms with E-state index < -0.39 is 12.0 Å². The predicted molar refractivity (Wildman–Crippen MR) is 109 cm³/mol. The highest BCUT2D eigenvalue weighted by molar-refractivity contribution is 6.36. The van der Waals surface area contributed by atoms with E-state index in [2.05, 4.69) is 10.2 Å². The number of primary amides is 1. The number of benzene rings is 2. The van der Waals surface area contributed by atoms with Crippen molar-refractivity contribution < 1.29 is 28.8 Å². The Morgan fingerprint density at radius 1 is 1.03 bits per heavy atom. The van der Waals surface area contributed by atoms with Crippen LogP contribution in [0.5, 0.6) is 17.2 Å². The number of methoxy groups -OCH3 is 2. The van der Waals surface area contributed by atoms with Gasteiger partial charge in [-0.15, -0.1) is 0 Å². The number of nitrogens with one attached hydrogen (secondary N) is 1. The summed E-state index contributed by atoms with van der Waals surface area (Å²) in [4.78, 5) is 33.0. The van der Waals surface area contributed by atoms with Crippen LogP contribution in [0.3, 0.4) is 0 Å². The second-order valence-corrected chi connectivity index (χ2v) is 7.44. The van der Waals surface area contributed by atoms with Crippen LogP contribution >= 0.6 is 11.6 Å². The summed E-state index contributed by atoms with van der Waals surface area (Å²) >= 11 is 6.31. The molecule has 0 aromatic heterocycles. The Hall–Kier alpha value is -3.13. The van der Waals surface area contributed by atoms with Crippen molar-refractivity contribution >= 4 is 29.3 Å². The average Bonchev–Trinajstić information content (AvgIpc) is 2.65. The maximum atomic E-state index is 12.8. The normalized spacial score (nSPS) is 10.8. The molecule has 156 valence electrons. The van der Waals surface area contributed by atoms with Crippen LogP contribution in [0.2, 0.25) is 5.02 Å². The lowest BCUT2D eigenvalue weighted by molar-refractivity contribution is -0.140. The van der Waals surface area contributed by atoms with Gasteiger partial charge in [0.2, 0.25) is 0 Å². The van der Waals surface area contributed by atoms with Gasteiger partial charge in [-0.2, -0.15) is 0 Å². The number of anilines is 1. The van der Waals surface area contributed by atoms with E-state index in [1.165, 1.54) is 14.2 Å². The first kappa shape index (κ1) is 22.2. The zero-order valence-corrected chi connectivity index (χ0v) is 17.5. The molecule has 0 aliphatic rings. The van der Waals surface area contributed by atoms with Crippen LogP contribution in [0.1, 0.15) is 36.7 Å². The monoisotopic (exact) mass is 422 g/mol. The zero-order valence-electron chi connectivity index (χ0n) is 16.8. The highest BCUT2D eigenvalue weighted by atomic mass is 35.5. The molecule has 0 aliphatic carbocycles. The van der Waals surface area contributed by atoms with Gasteiger partial charge < -0.3 is 20.5 Å². The summed E-state index contributed by atoms with van der Waals surface area (Å²) in [6.45, 7) is 5.82. The van der Waals surface area contributed by atoms with Gasteiger partial charge in [-0.05, 0) is 35.7 Å². The van der Waals surface area contributed by atoms with Crippen molar-refractivity contribution in [3.63, 3.8) is 0 Å². The first-order valence-corrected chi connectivity index (χ1v) is 8.96. The van der Waals surface area contributed by atoms with Crippen LogP contribution < -0.4 is 25.4 Å². The van der Waals surface area contributed by atoms with Crippen LogP contribution in [0.25, 0.3) is 0 Å². The number of halogens is 1. The molecule has 2 amide bonds. The Morgan fingerprint density at radius 2 is 1.69 bits per heavy atom. The van der Waals surface area contributed by atoms with Crippen LogP contribution in [-0.4, -0.2) is 26.2 Å². The lowest BCUT2D eigenvalue weighted by atomic mass is 9.86. The summed E-state index contributed by atoms with van der Waals surface area (Å²) in [5.74, 6) is 0.556. The van der Waals surface area contributed by atoms with E-state index >= 15 is 0 Å². The topological polar surface area (TPSA) is 109 Å². The molecule has 0 heterocycles. The Bertz CT molecular complexity index is 924. The molecule has 0 saturated carbocycles. The standard InChI is InChI=1S/C20H23ClN2O6/c1-20(2,3)13-10-11(6-8-14(13)28-29-19(22)25)23-18(24)12-7-9-15(26-4)17(27-5)16(12)21/h6-10H,1-5H3,(H2,22,25)(H,23,24). The van der Waals surface area contributed by atoms with Gasteiger partial charge in [0.05, 0.1) is 24.8 Å². The van der Waals surface area contributed by atoms with Crippen molar-refractivity contribution in [3.8, 4) is 17.2 Å². The molecular formula is C20H23ClN2O6. The summed E-state index contributed by atoms with van der Waals surface area (Å²) in [6.07, 6.45) is -1.06. The van der Waals surface area contributed by atoms with Crippen molar-refractivity contribution in [3.05, 3.63) is 46.5 Å². The van der Waals surface area contributed by atoms with E-state index in [-0.39, 0.29) is 21.8 Å². The number of carbonyl (C=O) groups excluding carboxylic acids is 2. The van der Waals surface area contributed by atoms with Crippen LogP contribution in [0.15, 0.2) is 30.3 Å². The number of rotatable bonds is 6. The van der Waals surface area contributed by atoms with Gasteiger partial charge in [0.1, 0.15) is 0 Å². The van der Waals surface area contributed by atoms with Crippen molar-refractivity contribution in [1.29, 1.82) is 0 Å². The molecule has 2 rings (SSSR count). The van der Waals surface area contributed by atoms with Gasteiger partial charge >= 0.3 is 6.09 Å². The SMILES string of the molecule is COc1ccc(C(=O)Nc2ccc(OOC(N)=O)c(C(C)(C)C)c2)c(Cl)c1OC. The summed E-state index contributed by atoms with van der Waals surface area (Å²) in [5.41, 5.74) is 5.97. The molecule has 2 aromatic carbocycles. The van der Waals surface area contributed by atoms with Crippen LogP contribution in [0, 0.1) is 0 Å². The third kappa shape index (κ3) is 5.23. The molecule has 0 bridgehead atoms. The molecule has 3 N–H and O–H groups in total. The fourth-order valence-corrected chi connectivity index (χ4v) is 2.93. The maximum Gasteiger partial charge on any atom is 0.447 e. The highest BCUT2D eigenvalue weighted by Crippen LogP contribution is 2.38. The second kappa shape index (κ2) is 8.91. The van der Waals surface area contributed by atoms with Crippen molar-refractivity contribution in [2.75, 3.05) is 19.5 Å². The molecule has 0 aliphatic heterocycles. The number of carbonyl (C=O) groups is 2. The fraction of sp³-hybridized carbons (Fsp3) is 0.300. The Labute approximate surface area is 173 Å². The fourth-order valence-electron chi connectivity index (χ4n) is 2.62. The molecule has 0 fully saturated rings. The molecule has 0 radical (unpaired) electrons. The van der Waals surface area contributed by atoms with E-state index in [1.807, 2.05) is 20.8 Å². The highest BCUT2D eigenvalue weighted by Gasteiger charge is 2.23. The minimum atomic E-state index is -1.06. The first-order chi connectivity index (χ1) is 13.6. The molecular weight excluding hydrogens is 400 g/mol. The molecule has 8 nitrogen and oxygen atoms in total. The second-order valence-electron chi connectivity index (χ2n) is 7.06. The third-order valence-electron chi connectivity index (χ3n) is 3.99. The summed E-state index contributed by atoms with van der Waals surface area (Å²) < 4.78 is 10.4. The van der Waals surface area contributed by atoms with E-state index in [4.69, 9.17) is 31.7 Å². The smallest absolute Gasteiger partial charge is 0.447 e. The van der Waals surface area contributed by atoms with Crippen molar-refractivity contribution in [1.82, 2.24) is 0 Å². The third-order valence-corrected chi connectivity index (χ3v) is 4.36. The van der Waals surface area contributed by atoms with E-state index in [1.54, 1.807) is 30.3 Å². The Balaban J connectivity index is 2.34. The molecule has 0 saturated heterocycles. The van der Waals surface area contributed by atoms with Crippen molar-refractivity contribution in [2.45, 2.75) is 26.2 Å². The predicted octanol–water partition coefficient (Wildman–Crippen LogP) is 4.30. The van der Waals surface area contributed by atoms with Gasteiger partial charge in [0.25, 0.3) is 5.91 Å². The summed E-state index contributed by atoms with van der Waals surface area (Å²) in [7, 11) is 2.92. The first-order valence-electron chi connectivity index (χ1n) is 8.58. The Kier molecular flexibility index (Phi) is 6.81. The lowest BCUT2D eigenvalue weighted by Crippen LogP contribution is -2.19. The van der Waals surface area contributed by atoms with Crippen LogP contribution in [0.4, 0.5) is 10.5 Å². The average molecular weight is 423 g/mol.